The van der Waals surface area contributed by atoms with Gasteiger partial charge in [-0.25, -0.2) is 19.9 Å². The number of aromatic nitrogens is 4. The van der Waals surface area contributed by atoms with E-state index in [2.05, 4.69) is 133 Å². The largest absolute Gasteiger partial charge is 0.506 e. The van der Waals surface area contributed by atoms with Crippen molar-refractivity contribution in [3.8, 4) is 34.5 Å². The molecule has 6 aromatic carbocycles. The zero-order valence-corrected chi connectivity index (χ0v) is 52.9. The molecule has 21 heteroatoms. The Balaban J connectivity index is 0.000000140. The topological polar surface area (TPSA) is 251 Å². The number of aryl methyl sites for hydroxylation is 3. The van der Waals surface area contributed by atoms with Gasteiger partial charge in [0, 0.05) is 58.4 Å². The lowest BCUT2D eigenvalue weighted by atomic mass is 9.98. The van der Waals surface area contributed by atoms with Crippen LogP contribution in [0, 0.1) is 13.8 Å². The predicted molar refractivity (Wildman–Crippen MR) is 341 cm³/mol. The van der Waals surface area contributed by atoms with Crippen molar-refractivity contribution in [2.45, 2.75) is 58.5 Å². The van der Waals surface area contributed by atoms with Crippen molar-refractivity contribution in [1.29, 1.82) is 0 Å². The zero-order valence-electron chi connectivity index (χ0n) is 43.4. The van der Waals surface area contributed by atoms with Gasteiger partial charge in [0.15, 0.2) is 29.8 Å². The second-order valence-corrected chi connectivity index (χ2v) is 23.6. The Hall–Kier alpha value is -6.46. The lowest BCUT2D eigenvalue weighted by Crippen LogP contribution is -2.28. The molecule has 0 fully saturated rings. The van der Waals surface area contributed by atoms with Crippen LogP contribution in [0.2, 0.25) is 0 Å². The van der Waals surface area contributed by atoms with Gasteiger partial charge in [-0.05, 0) is 178 Å². The van der Waals surface area contributed by atoms with E-state index in [0.29, 0.717) is 66.8 Å². The number of hydrogen-bond donors (Lipinski definition) is 9. The Kier molecular flexibility index (Phi) is 21.9. The van der Waals surface area contributed by atoms with Gasteiger partial charge in [-0.2, -0.15) is 0 Å². The predicted octanol–water partition coefficient (Wildman–Crippen LogP) is 15.8. The first-order valence-corrected chi connectivity index (χ1v) is 29.6. The number of benzene rings is 6. The number of pyridine rings is 4. The van der Waals surface area contributed by atoms with Crippen LogP contribution in [0.5, 0.6) is 34.5 Å². The smallest absolute Gasteiger partial charge is 0.168 e. The molecule has 2 atom stereocenters. The number of nitrogens with zero attached hydrogens (tertiary/aromatic N) is 4. The number of rotatable bonds is 3. The second-order valence-electron chi connectivity index (χ2n) is 18.5. The molecule has 0 saturated heterocycles. The summed E-state index contributed by atoms with van der Waals surface area (Å²) in [6.07, 6.45) is 5.26. The van der Waals surface area contributed by atoms with Crippen molar-refractivity contribution in [2.75, 3.05) is 17.2 Å². The van der Waals surface area contributed by atoms with Crippen molar-refractivity contribution in [3.05, 3.63) is 182 Å². The number of hydrogen-bond acceptors (Lipinski definition) is 15. The highest BCUT2D eigenvalue weighted by atomic mass is 79.9. The summed E-state index contributed by atoms with van der Waals surface area (Å²) in [5.41, 5.74) is 8.54. The molecular weight excluding hydrogens is 1430 g/mol. The van der Waals surface area contributed by atoms with E-state index in [1.54, 1.807) is 54.6 Å². The Morgan fingerprint density at radius 1 is 0.494 bits per heavy atom. The van der Waals surface area contributed by atoms with Crippen LogP contribution < -0.4 is 10.6 Å². The molecule has 418 valence electrons. The van der Waals surface area contributed by atoms with E-state index < -0.39 is 0 Å². The molecule has 2 unspecified atom stereocenters. The fourth-order valence-corrected chi connectivity index (χ4v) is 12.4. The fourth-order valence-electron chi connectivity index (χ4n) is 8.46. The van der Waals surface area contributed by atoms with E-state index in [-0.39, 0.29) is 41.4 Å². The number of para-hydroxylation sites is 3. The van der Waals surface area contributed by atoms with Crippen LogP contribution in [0.3, 0.4) is 0 Å². The standard InChI is InChI=1S/C10H5Br2NO2.C10H11Br2NO.C10H7Br2NO.C10H13NO2.C10H7NO2.C10H9NO/c11-7-3-8(12)10(15)9-6(7)2-1-5(4-14)13-9;2*1-5-2-3-6-7(11)4-8(12)10(14)9(6)13-5;2*12-6-8-5-4-7-2-1-3-9(13)10(7)11-8;1-7-5-6-8-3-2-4-9(12)10(8)11-7/h1-4,15H;4-5,13-14H,2-3H2,1H3;2-4,14H,1H3;1-3,8,11-13H,4-6H2;1-6,13H;2-6,12H,1H3. The number of aldehydes is 2. The summed E-state index contributed by atoms with van der Waals surface area (Å²) in [6, 6.07) is 36.4. The SMILES string of the molecule is CC1CCc2c(Br)cc(Br)c(O)c2N1.Cc1ccc2c(Br)cc(Br)c(O)c2n1.Cc1ccc2cccc(O)c2n1.O=Cc1ccc2c(Br)cc(Br)c(O)c2n1.O=Cc1ccc2cccc(O)c2n1.OCC1CCc2cccc(O)c2N1. The van der Waals surface area contributed by atoms with E-state index in [1.807, 2.05) is 80.6 Å². The minimum Gasteiger partial charge on any atom is -0.506 e. The number of halogens is 6. The number of phenolic OH excluding ortho intramolecular Hbond substituents is 6. The van der Waals surface area contributed by atoms with E-state index in [9.17, 15) is 40.2 Å². The summed E-state index contributed by atoms with van der Waals surface area (Å²) in [4.78, 5) is 37.5. The number of phenols is 6. The van der Waals surface area contributed by atoms with Crippen LogP contribution in [0.1, 0.15) is 63.3 Å². The first-order chi connectivity index (χ1) is 38.7. The van der Waals surface area contributed by atoms with Gasteiger partial charge in [-0.3, -0.25) is 9.59 Å². The third kappa shape index (κ3) is 15.6. The van der Waals surface area contributed by atoms with E-state index >= 15 is 0 Å². The molecule has 0 aliphatic carbocycles. The normalized spacial score (nSPS) is 13.8. The number of aliphatic hydroxyl groups excluding tert-OH is 1. The summed E-state index contributed by atoms with van der Waals surface area (Å²) >= 11 is 20.1. The summed E-state index contributed by atoms with van der Waals surface area (Å²) in [7, 11) is 0. The number of nitrogens with one attached hydrogen (secondary N) is 2. The fraction of sp³-hybridized carbons (Fsp3) is 0.167. The van der Waals surface area contributed by atoms with Gasteiger partial charge >= 0.3 is 0 Å². The average Bonchev–Trinajstić information content (AvgIpc) is 3.54. The molecular formula is C60H52Br6N6O9. The molecule has 81 heavy (non-hydrogen) atoms. The summed E-state index contributed by atoms with van der Waals surface area (Å²) < 4.78 is 4.70. The van der Waals surface area contributed by atoms with Crippen LogP contribution in [-0.2, 0) is 12.8 Å². The maximum Gasteiger partial charge on any atom is 0.168 e. The molecule has 0 bridgehead atoms. The quantitative estimate of drug-likeness (QED) is 0.0589. The first kappa shape index (κ1) is 62.1. The molecule has 10 aromatic rings. The molecule has 15 nitrogen and oxygen atoms in total. The van der Waals surface area contributed by atoms with Crippen molar-refractivity contribution in [2.24, 2.45) is 0 Å². The maximum absolute atomic E-state index is 10.6. The number of fused-ring (bicyclic) bond motifs is 6. The Labute approximate surface area is 516 Å². The number of anilines is 2. The zero-order chi connectivity index (χ0) is 58.7. The van der Waals surface area contributed by atoms with Crippen LogP contribution in [-0.4, -0.2) is 86.9 Å². The molecule has 2 aliphatic rings. The number of aromatic hydroxyl groups is 6. The number of carbonyl (C=O) groups excluding carboxylic acids is 2. The van der Waals surface area contributed by atoms with Crippen molar-refractivity contribution >= 4 is 163 Å². The average molecular weight is 1480 g/mol. The van der Waals surface area contributed by atoms with Crippen LogP contribution in [0.15, 0.2) is 148 Å². The van der Waals surface area contributed by atoms with E-state index in [0.717, 1.165) is 93.4 Å². The molecule has 6 heterocycles. The van der Waals surface area contributed by atoms with Crippen molar-refractivity contribution in [3.63, 3.8) is 0 Å². The number of aliphatic hydroxyl groups is 1. The Bertz CT molecular complexity index is 3950. The molecule has 4 aromatic heterocycles. The lowest BCUT2D eigenvalue weighted by molar-refractivity contribution is 0.111. The summed E-state index contributed by atoms with van der Waals surface area (Å²) in [6.45, 7) is 6.05. The van der Waals surface area contributed by atoms with Crippen molar-refractivity contribution in [1.82, 2.24) is 19.9 Å². The lowest BCUT2D eigenvalue weighted by Gasteiger charge is -2.26. The van der Waals surface area contributed by atoms with E-state index in [4.69, 9.17) is 5.11 Å². The minimum atomic E-state index is 0.0388. The summed E-state index contributed by atoms with van der Waals surface area (Å²) in [5.74, 6) is 1.16. The minimum absolute atomic E-state index is 0.0388. The van der Waals surface area contributed by atoms with Crippen LogP contribution in [0.4, 0.5) is 11.4 Å². The van der Waals surface area contributed by atoms with Gasteiger partial charge in [0.2, 0.25) is 0 Å². The molecule has 9 N–H and O–H groups in total. The molecule has 0 spiro atoms. The monoisotopic (exact) mass is 1470 g/mol. The molecule has 0 radical (unpaired) electrons. The highest BCUT2D eigenvalue weighted by Crippen LogP contribution is 2.43. The van der Waals surface area contributed by atoms with Crippen molar-refractivity contribution < 1.29 is 45.3 Å². The highest BCUT2D eigenvalue weighted by molar-refractivity contribution is 9.11. The van der Waals surface area contributed by atoms with Crippen LogP contribution >= 0.6 is 95.6 Å². The van der Waals surface area contributed by atoms with Crippen LogP contribution in [0.25, 0.3) is 43.6 Å². The van der Waals surface area contributed by atoms with Gasteiger partial charge in [0.1, 0.15) is 50.7 Å². The Morgan fingerprint density at radius 2 is 0.963 bits per heavy atom. The summed E-state index contributed by atoms with van der Waals surface area (Å²) in [5, 5.41) is 76.6. The maximum atomic E-state index is 10.6. The number of carbonyl (C=O) groups is 2. The molecule has 0 amide bonds. The van der Waals surface area contributed by atoms with Gasteiger partial charge < -0.3 is 46.4 Å². The van der Waals surface area contributed by atoms with Gasteiger partial charge in [0.25, 0.3) is 0 Å². The van der Waals surface area contributed by atoms with Gasteiger partial charge in [-0.15, -0.1) is 0 Å². The third-order valence-electron chi connectivity index (χ3n) is 12.7. The molecule has 12 rings (SSSR count). The first-order valence-electron chi connectivity index (χ1n) is 24.8. The van der Waals surface area contributed by atoms with Gasteiger partial charge in [0.05, 0.1) is 31.4 Å². The highest BCUT2D eigenvalue weighted by Gasteiger charge is 2.22. The molecule has 2 aliphatic heterocycles. The third-order valence-corrected chi connectivity index (χ3v) is 16.5. The van der Waals surface area contributed by atoms with E-state index in [1.165, 1.54) is 5.56 Å². The molecule has 0 saturated carbocycles. The second kappa shape index (κ2) is 28.5. The Morgan fingerprint density at radius 3 is 1.56 bits per heavy atom. The van der Waals surface area contributed by atoms with Gasteiger partial charge in [-0.1, -0.05) is 96.3 Å².